The van der Waals surface area contributed by atoms with Crippen molar-refractivity contribution in [1.82, 2.24) is 0 Å². The number of hydrogen-bond donors (Lipinski definition) is 0. The molecule has 0 spiro atoms. The zero-order valence-electron chi connectivity index (χ0n) is 20.5. The van der Waals surface area contributed by atoms with E-state index in [4.69, 9.17) is 9.47 Å². The molecular weight excluding hydrogens is 436 g/mol. The largest absolute Gasteiger partial charge is 0.490 e. The Morgan fingerprint density at radius 3 is 2.43 bits per heavy atom. The maximum absolute atomic E-state index is 13.2. The van der Waals surface area contributed by atoms with Gasteiger partial charge in [-0.1, -0.05) is 54.1 Å². The highest BCUT2D eigenvalue weighted by molar-refractivity contribution is 6.32. The summed E-state index contributed by atoms with van der Waals surface area (Å²) in [7, 11) is 0. The van der Waals surface area contributed by atoms with E-state index in [1.165, 1.54) is 10.6 Å². The molecule has 5 nitrogen and oxygen atoms in total. The molecule has 0 unspecified atom stereocenters. The normalized spacial score (nSPS) is 14.3. The van der Waals surface area contributed by atoms with Gasteiger partial charge in [0.1, 0.15) is 6.61 Å². The highest BCUT2D eigenvalue weighted by atomic mass is 16.5. The molecule has 1 amide bonds. The van der Waals surface area contributed by atoms with Crippen molar-refractivity contribution in [1.29, 1.82) is 0 Å². The lowest BCUT2D eigenvalue weighted by Gasteiger charge is -2.17. The van der Waals surface area contributed by atoms with Crippen molar-refractivity contribution in [3.8, 4) is 11.5 Å². The maximum Gasteiger partial charge on any atom is 0.280 e. The third-order valence-electron chi connectivity index (χ3n) is 5.70. The van der Waals surface area contributed by atoms with Gasteiger partial charge >= 0.3 is 0 Å². The molecule has 3 aromatic carbocycles. The fourth-order valence-corrected chi connectivity index (χ4v) is 3.94. The predicted molar refractivity (Wildman–Crippen MR) is 142 cm³/mol. The van der Waals surface area contributed by atoms with Crippen molar-refractivity contribution in [3.63, 3.8) is 0 Å². The average Bonchev–Trinajstić information content (AvgIpc) is 3.14. The van der Waals surface area contributed by atoms with Crippen LogP contribution in [0.3, 0.4) is 0 Å². The van der Waals surface area contributed by atoms with Crippen LogP contribution in [0.25, 0.3) is 6.08 Å². The molecular formula is C30H30N2O3. The molecule has 1 aliphatic heterocycles. The Balaban J connectivity index is 1.67. The molecule has 1 heterocycles. The molecule has 178 valence electrons. The predicted octanol–water partition coefficient (Wildman–Crippen LogP) is 6.51. The van der Waals surface area contributed by atoms with Crippen LogP contribution in [0, 0.1) is 6.92 Å². The number of aryl methyl sites for hydroxylation is 1. The zero-order chi connectivity index (χ0) is 24.8. The molecule has 0 fully saturated rings. The Morgan fingerprint density at radius 1 is 1.00 bits per heavy atom. The highest BCUT2D eigenvalue weighted by Gasteiger charge is 2.28. The average molecular weight is 467 g/mol. The molecule has 3 aromatic rings. The summed E-state index contributed by atoms with van der Waals surface area (Å²) in [4.78, 5) is 13.2. The Hall–Kier alpha value is -4.12. The number of nitrogens with zero attached hydrogens (tertiary/aromatic N) is 2. The summed E-state index contributed by atoms with van der Waals surface area (Å²) in [5, 5.41) is 5.92. The van der Waals surface area contributed by atoms with Gasteiger partial charge in [-0.3, -0.25) is 4.79 Å². The van der Waals surface area contributed by atoms with Crippen LogP contribution in [-0.2, 0) is 17.8 Å². The summed E-state index contributed by atoms with van der Waals surface area (Å²) >= 11 is 0. The number of ether oxygens (including phenoxy) is 2. The molecule has 1 aliphatic rings. The van der Waals surface area contributed by atoms with Crippen molar-refractivity contribution in [2.75, 3.05) is 11.6 Å². The summed E-state index contributed by atoms with van der Waals surface area (Å²) in [5.74, 6) is 1.19. The lowest BCUT2D eigenvalue weighted by Crippen LogP contribution is -2.21. The number of benzene rings is 3. The zero-order valence-corrected chi connectivity index (χ0v) is 20.5. The van der Waals surface area contributed by atoms with E-state index in [0.29, 0.717) is 42.4 Å². The van der Waals surface area contributed by atoms with Gasteiger partial charge in [0.2, 0.25) is 0 Å². The monoisotopic (exact) mass is 466 g/mol. The number of amides is 1. The molecule has 0 bridgehead atoms. The van der Waals surface area contributed by atoms with Crippen LogP contribution >= 0.6 is 0 Å². The number of carbonyl (C=O) groups is 1. The number of rotatable bonds is 9. The Morgan fingerprint density at radius 2 is 1.74 bits per heavy atom. The minimum atomic E-state index is -0.156. The summed E-state index contributed by atoms with van der Waals surface area (Å²) in [6.45, 7) is 10.7. The van der Waals surface area contributed by atoms with Crippen molar-refractivity contribution >= 4 is 23.4 Å². The fraction of sp³-hybridized carbons (Fsp3) is 0.200. The van der Waals surface area contributed by atoms with Crippen LogP contribution in [0.15, 0.2) is 90.1 Å². The molecule has 0 saturated carbocycles. The standard InChI is InChI=1S/C30H30N2O3/c1-5-10-25-17-24(18-27-22(4)31-32(30(27)33)26-11-8-7-9-12-26)19-28(34-6-2)29(25)35-20-23-15-13-21(3)14-16-23/h5,7-9,11-19H,1,6,10,20H2,2-4H3/b27-18+. The first-order valence-corrected chi connectivity index (χ1v) is 11.8. The number of carbonyl (C=O) groups excluding carboxylic acids is 1. The van der Waals surface area contributed by atoms with Crippen LogP contribution in [0.1, 0.15) is 36.1 Å². The van der Waals surface area contributed by atoms with Crippen LogP contribution in [0.5, 0.6) is 11.5 Å². The second kappa shape index (κ2) is 10.9. The summed E-state index contributed by atoms with van der Waals surface area (Å²) < 4.78 is 12.2. The number of para-hydroxylation sites is 1. The molecule has 0 atom stereocenters. The summed E-state index contributed by atoms with van der Waals surface area (Å²) in [6.07, 6.45) is 4.31. The van der Waals surface area contributed by atoms with Crippen LogP contribution < -0.4 is 14.5 Å². The van der Waals surface area contributed by atoms with E-state index in [2.05, 4.69) is 42.9 Å². The van der Waals surface area contributed by atoms with E-state index < -0.39 is 0 Å². The van der Waals surface area contributed by atoms with E-state index in [1.54, 1.807) is 0 Å². The lowest BCUT2D eigenvalue weighted by atomic mass is 10.0. The van der Waals surface area contributed by atoms with Crippen molar-refractivity contribution in [2.24, 2.45) is 5.10 Å². The summed E-state index contributed by atoms with van der Waals surface area (Å²) in [6, 6.07) is 21.6. The fourth-order valence-electron chi connectivity index (χ4n) is 3.94. The Labute approximate surface area is 207 Å². The Bertz CT molecular complexity index is 1270. The number of hydrazone groups is 1. The van der Waals surface area contributed by atoms with Crippen molar-refractivity contribution < 1.29 is 14.3 Å². The van der Waals surface area contributed by atoms with Gasteiger partial charge in [0.15, 0.2) is 11.5 Å². The van der Waals surface area contributed by atoms with Gasteiger partial charge in [0, 0.05) is 5.56 Å². The van der Waals surface area contributed by atoms with Gasteiger partial charge in [-0.15, -0.1) is 6.58 Å². The smallest absolute Gasteiger partial charge is 0.280 e. The SMILES string of the molecule is C=CCc1cc(/C=C2/C(=O)N(c3ccccc3)N=C2C)cc(OCC)c1OCc1ccc(C)cc1. The van der Waals surface area contributed by atoms with E-state index >= 15 is 0 Å². The molecule has 5 heteroatoms. The lowest BCUT2D eigenvalue weighted by molar-refractivity contribution is -0.114. The number of allylic oxidation sites excluding steroid dienone is 1. The van der Waals surface area contributed by atoms with Crippen molar-refractivity contribution in [2.45, 2.75) is 33.8 Å². The first-order chi connectivity index (χ1) is 17.0. The second-order valence-corrected chi connectivity index (χ2v) is 8.40. The van der Waals surface area contributed by atoms with Crippen LogP contribution in [0.4, 0.5) is 5.69 Å². The molecule has 0 N–H and O–H groups in total. The van der Waals surface area contributed by atoms with Gasteiger partial charge in [0.25, 0.3) is 5.91 Å². The summed E-state index contributed by atoms with van der Waals surface area (Å²) in [5.41, 5.74) is 6.04. The van der Waals surface area contributed by atoms with E-state index in [-0.39, 0.29) is 5.91 Å². The molecule has 0 radical (unpaired) electrons. The first-order valence-electron chi connectivity index (χ1n) is 11.8. The highest BCUT2D eigenvalue weighted by Crippen LogP contribution is 2.36. The minimum Gasteiger partial charge on any atom is -0.490 e. The van der Waals surface area contributed by atoms with E-state index in [1.807, 2.05) is 68.5 Å². The van der Waals surface area contributed by atoms with Gasteiger partial charge in [0.05, 0.1) is 23.6 Å². The first kappa shape index (κ1) is 24.0. The molecule has 0 saturated heterocycles. The second-order valence-electron chi connectivity index (χ2n) is 8.40. The van der Waals surface area contributed by atoms with Crippen molar-refractivity contribution in [3.05, 3.63) is 107 Å². The minimum absolute atomic E-state index is 0.156. The molecule has 0 aromatic heterocycles. The quantitative estimate of drug-likeness (QED) is 0.267. The number of hydrogen-bond acceptors (Lipinski definition) is 4. The molecule has 4 rings (SSSR count). The van der Waals surface area contributed by atoms with Crippen LogP contribution in [-0.4, -0.2) is 18.2 Å². The topological polar surface area (TPSA) is 51.1 Å². The maximum atomic E-state index is 13.2. The van der Waals surface area contributed by atoms with E-state index in [9.17, 15) is 4.79 Å². The van der Waals surface area contributed by atoms with Gasteiger partial charge in [-0.2, -0.15) is 10.1 Å². The third kappa shape index (κ3) is 5.52. The van der Waals surface area contributed by atoms with E-state index in [0.717, 1.165) is 22.4 Å². The third-order valence-corrected chi connectivity index (χ3v) is 5.70. The van der Waals surface area contributed by atoms with Gasteiger partial charge < -0.3 is 9.47 Å². The molecule has 0 aliphatic carbocycles. The van der Waals surface area contributed by atoms with Gasteiger partial charge in [-0.25, -0.2) is 0 Å². The molecule has 35 heavy (non-hydrogen) atoms. The number of anilines is 1. The van der Waals surface area contributed by atoms with Gasteiger partial charge in [-0.05, 0) is 68.7 Å². The van der Waals surface area contributed by atoms with Crippen LogP contribution in [0.2, 0.25) is 0 Å². The Kier molecular flexibility index (Phi) is 7.46.